The Balaban J connectivity index is 1.72. The summed E-state index contributed by atoms with van der Waals surface area (Å²) in [5.74, 6) is 5.90. The maximum Gasteiger partial charge on any atom is 0.126 e. The third kappa shape index (κ3) is 8.57. The second kappa shape index (κ2) is 13.0. The largest absolute Gasteiger partial charge is 0.376 e. The van der Waals surface area contributed by atoms with Crippen LogP contribution >= 0.6 is 0 Å². The van der Waals surface area contributed by atoms with Crippen LogP contribution in [0, 0.1) is 35.5 Å². The van der Waals surface area contributed by atoms with Crippen molar-refractivity contribution in [1.29, 1.82) is 0 Å². The number of nitrogens with one attached hydrogen (secondary N) is 1. The van der Waals surface area contributed by atoms with Gasteiger partial charge in [0.1, 0.15) is 8.24 Å². The third-order valence-corrected chi connectivity index (χ3v) is 15.3. The molecule has 0 saturated heterocycles. The molecule has 0 aliphatic heterocycles. The molecule has 3 aliphatic carbocycles. The molecule has 3 saturated carbocycles. The maximum absolute atomic E-state index is 5.98. The van der Waals surface area contributed by atoms with E-state index in [1.54, 1.807) is 25.7 Å². The zero-order valence-corrected chi connectivity index (χ0v) is 27.1. The van der Waals surface area contributed by atoms with E-state index in [1.807, 2.05) is 0 Å². The van der Waals surface area contributed by atoms with Crippen molar-refractivity contribution in [2.45, 2.75) is 168 Å². The zero-order valence-electron chi connectivity index (χ0n) is 26.1. The first-order valence-electron chi connectivity index (χ1n) is 16.2. The average Bonchev–Trinajstić information content (AvgIpc) is 3.18. The molecule has 1 N–H and O–H groups in total. The SMILES string of the molecule is CC(C)C1CC2C(C3CCCCC3)CCCC2C1[Si](C)(CCCCCCOC(C)(C)C)NC(C)(C)C. The summed E-state index contributed by atoms with van der Waals surface area (Å²) < 4.78 is 5.98. The average molecular weight is 520 g/mol. The van der Waals surface area contributed by atoms with E-state index in [-0.39, 0.29) is 11.1 Å². The molecule has 3 fully saturated rings. The molecule has 0 radical (unpaired) electrons. The van der Waals surface area contributed by atoms with Gasteiger partial charge in [-0.15, -0.1) is 0 Å². The van der Waals surface area contributed by atoms with Gasteiger partial charge in [-0.1, -0.05) is 84.6 Å². The Labute approximate surface area is 228 Å². The van der Waals surface area contributed by atoms with Crippen molar-refractivity contribution < 1.29 is 4.74 Å². The van der Waals surface area contributed by atoms with Crippen LogP contribution in [0.25, 0.3) is 0 Å². The van der Waals surface area contributed by atoms with Crippen LogP contribution in [-0.2, 0) is 4.74 Å². The van der Waals surface area contributed by atoms with Gasteiger partial charge in [0.05, 0.1) is 5.60 Å². The first kappa shape index (κ1) is 30.7. The van der Waals surface area contributed by atoms with Crippen LogP contribution in [0.1, 0.15) is 139 Å². The lowest BCUT2D eigenvalue weighted by atomic mass is 9.65. The highest BCUT2D eigenvalue weighted by Gasteiger charge is 2.56. The van der Waals surface area contributed by atoms with E-state index in [0.717, 1.165) is 47.7 Å². The van der Waals surface area contributed by atoms with Gasteiger partial charge in [-0.2, -0.15) is 0 Å². The van der Waals surface area contributed by atoms with Gasteiger partial charge >= 0.3 is 0 Å². The monoisotopic (exact) mass is 519 g/mol. The number of hydrogen-bond acceptors (Lipinski definition) is 2. The normalized spacial score (nSPS) is 32.0. The van der Waals surface area contributed by atoms with Crippen LogP contribution < -0.4 is 4.98 Å². The quantitative estimate of drug-likeness (QED) is 0.216. The van der Waals surface area contributed by atoms with E-state index in [4.69, 9.17) is 4.74 Å². The smallest absolute Gasteiger partial charge is 0.126 e. The Hall–Kier alpha value is 0.137. The summed E-state index contributed by atoms with van der Waals surface area (Å²) in [5.41, 5.74) is 1.19. The summed E-state index contributed by atoms with van der Waals surface area (Å²) in [6, 6.07) is 1.47. The summed E-state index contributed by atoms with van der Waals surface area (Å²) >= 11 is 0. The molecule has 0 aromatic carbocycles. The molecule has 0 aromatic rings. The van der Waals surface area contributed by atoms with Gasteiger partial charge in [0.25, 0.3) is 0 Å². The highest BCUT2D eigenvalue weighted by molar-refractivity contribution is 6.78. The van der Waals surface area contributed by atoms with Crippen molar-refractivity contribution in [3.8, 4) is 0 Å². The number of unbranched alkanes of at least 4 members (excludes halogenated alkanes) is 3. The molecule has 3 aliphatic rings. The summed E-state index contributed by atoms with van der Waals surface area (Å²) in [5, 5.41) is 0. The number of hydrogen-bond donors (Lipinski definition) is 1. The van der Waals surface area contributed by atoms with E-state index in [1.165, 1.54) is 63.8 Å². The first-order chi connectivity index (χ1) is 16.8. The lowest BCUT2D eigenvalue weighted by molar-refractivity contribution is -0.00471. The van der Waals surface area contributed by atoms with Gasteiger partial charge in [-0.3, -0.25) is 0 Å². The Kier molecular flexibility index (Phi) is 11.1. The van der Waals surface area contributed by atoms with E-state index in [0.29, 0.717) is 0 Å². The molecule has 6 atom stereocenters. The van der Waals surface area contributed by atoms with Gasteiger partial charge in [-0.25, -0.2) is 0 Å². The number of rotatable bonds is 11. The van der Waals surface area contributed by atoms with Crippen LogP contribution in [0.5, 0.6) is 0 Å². The Morgan fingerprint density at radius 3 is 2.03 bits per heavy atom. The molecule has 2 nitrogen and oxygen atoms in total. The lowest BCUT2D eigenvalue weighted by Gasteiger charge is -2.48. The van der Waals surface area contributed by atoms with Gasteiger partial charge in [0.2, 0.25) is 0 Å². The fraction of sp³-hybridized carbons (Fsp3) is 1.00. The van der Waals surface area contributed by atoms with Crippen LogP contribution in [0.3, 0.4) is 0 Å². The van der Waals surface area contributed by atoms with Crippen LogP contribution in [0.15, 0.2) is 0 Å². The molecular formula is C33H65NOSi. The van der Waals surface area contributed by atoms with Gasteiger partial charge in [0, 0.05) is 12.1 Å². The van der Waals surface area contributed by atoms with Gasteiger partial charge in [0.15, 0.2) is 0 Å². The minimum atomic E-state index is -1.64. The molecule has 3 heteroatoms. The highest BCUT2D eigenvalue weighted by atomic mass is 28.3. The summed E-state index contributed by atoms with van der Waals surface area (Å²) in [4.78, 5) is 4.42. The molecular weight excluding hydrogens is 454 g/mol. The summed E-state index contributed by atoms with van der Waals surface area (Å²) in [6.07, 6.45) is 19.1. The van der Waals surface area contributed by atoms with Gasteiger partial charge < -0.3 is 9.72 Å². The standard InChI is InChI=1S/C33H65NOSi/c1-25(2)29-24-30-27(26-18-13-12-14-19-26)20-17-21-28(30)31(29)36(9,34-32(3,4)5)23-16-11-10-15-22-35-33(6,7)8/h25-31,34H,10-24H2,1-9H3. The molecule has 6 unspecified atom stereocenters. The molecule has 0 spiro atoms. The van der Waals surface area contributed by atoms with Crippen molar-refractivity contribution in [2.24, 2.45) is 35.5 Å². The van der Waals surface area contributed by atoms with Crippen LogP contribution in [0.2, 0.25) is 18.1 Å². The fourth-order valence-electron chi connectivity index (χ4n) is 9.18. The topological polar surface area (TPSA) is 21.3 Å². The minimum Gasteiger partial charge on any atom is -0.376 e. The zero-order chi connectivity index (χ0) is 26.6. The molecule has 0 bridgehead atoms. The second-order valence-corrected chi connectivity index (χ2v) is 20.2. The van der Waals surface area contributed by atoms with Gasteiger partial charge in [-0.05, 0) is 108 Å². The minimum absolute atomic E-state index is 0.00245. The lowest BCUT2D eigenvalue weighted by Crippen LogP contribution is -2.61. The Morgan fingerprint density at radius 1 is 0.778 bits per heavy atom. The molecule has 0 heterocycles. The molecule has 3 rings (SSSR count). The third-order valence-electron chi connectivity index (χ3n) is 10.3. The van der Waals surface area contributed by atoms with E-state index in [9.17, 15) is 0 Å². The number of ether oxygens (including phenoxy) is 1. The van der Waals surface area contributed by atoms with Crippen LogP contribution in [-0.4, -0.2) is 26.0 Å². The van der Waals surface area contributed by atoms with Crippen LogP contribution in [0.4, 0.5) is 0 Å². The molecule has 212 valence electrons. The van der Waals surface area contributed by atoms with E-state index < -0.39 is 8.24 Å². The first-order valence-corrected chi connectivity index (χ1v) is 19.0. The van der Waals surface area contributed by atoms with Crippen molar-refractivity contribution >= 4 is 8.24 Å². The van der Waals surface area contributed by atoms with E-state index in [2.05, 4.69) is 66.9 Å². The predicted octanol–water partition coefficient (Wildman–Crippen LogP) is 9.98. The summed E-state index contributed by atoms with van der Waals surface area (Å²) in [6.45, 7) is 22.7. The molecule has 0 amide bonds. The van der Waals surface area contributed by atoms with Crippen molar-refractivity contribution in [3.05, 3.63) is 0 Å². The number of fused-ring (bicyclic) bond motifs is 1. The second-order valence-electron chi connectivity index (χ2n) is 15.9. The molecule has 36 heavy (non-hydrogen) atoms. The Morgan fingerprint density at radius 2 is 1.42 bits per heavy atom. The van der Waals surface area contributed by atoms with Crippen molar-refractivity contribution in [2.75, 3.05) is 6.61 Å². The highest BCUT2D eigenvalue weighted by Crippen LogP contribution is 2.62. The Bertz CT molecular complexity index is 643. The van der Waals surface area contributed by atoms with Crippen molar-refractivity contribution in [3.63, 3.8) is 0 Å². The summed E-state index contributed by atoms with van der Waals surface area (Å²) in [7, 11) is -1.64. The fourth-order valence-corrected chi connectivity index (χ4v) is 15.3. The predicted molar refractivity (Wildman–Crippen MR) is 161 cm³/mol. The van der Waals surface area contributed by atoms with E-state index >= 15 is 0 Å². The van der Waals surface area contributed by atoms with Crippen molar-refractivity contribution in [1.82, 2.24) is 4.98 Å². The maximum atomic E-state index is 5.98. The molecule has 0 aromatic heterocycles.